The van der Waals surface area contributed by atoms with Crippen LogP contribution in [0.3, 0.4) is 0 Å². The molecule has 0 aromatic heterocycles. The molecule has 0 radical (unpaired) electrons. The average molecular weight is 471 g/mol. The molecule has 4 nitrogen and oxygen atoms in total. The van der Waals surface area contributed by atoms with Crippen LogP contribution in [-0.2, 0) is 11.2 Å². The molecule has 5 heteroatoms. The molecule has 0 fully saturated rings. The number of rotatable bonds is 17. The smallest absolute Gasteiger partial charge is 0.338 e. The van der Waals surface area contributed by atoms with Gasteiger partial charge in [-0.1, -0.05) is 77.3 Å². The first kappa shape index (κ1) is 27.6. The lowest BCUT2D eigenvalue weighted by atomic mass is 10.0. The van der Waals surface area contributed by atoms with E-state index in [1.54, 1.807) is 12.1 Å². The van der Waals surface area contributed by atoms with Crippen LogP contribution in [0.2, 0.25) is 0 Å². The van der Waals surface area contributed by atoms with Crippen LogP contribution in [-0.4, -0.2) is 25.0 Å². The van der Waals surface area contributed by atoms with Crippen LogP contribution in [0.15, 0.2) is 42.5 Å². The van der Waals surface area contributed by atoms with Gasteiger partial charge in [-0.25, -0.2) is 9.18 Å². The number of ketones is 1. The average Bonchev–Trinajstić information content (AvgIpc) is 2.85. The molecule has 186 valence electrons. The van der Waals surface area contributed by atoms with Gasteiger partial charge in [-0.3, -0.25) is 4.79 Å². The number of esters is 1. The van der Waals surface area contributed by atoms with Gasteiger partial charge in [0.2, 0.25) is 0 Å². The third-order valence-corrected chi connectivity index (χ3v) is 5.85. The van der Waals surface area contributed by atoms with Crippen LogP contribution in [0.25, 0.3) is 0 Å². The van der Waals surface area contributed by atoms with E-state index >= 15 is 0 Å². The third-order valence-electron chi connectivity index (χ3n) is 5.85. The highest BCUT2D eigenvalue weighted by molar-refractivity contribution is 5.99. The van der Waals surface area contributed by atoms with E-state index in [2.05, 4.69) is 13.8 Å². The van der Waals surface area contributed by atoms with E-state index < -0.39 is 24.2 Å². The van der Waals surface area contributed by atoms with Crippen LogP contribution >= 0.6 is 0 Å². The van der Waals surface area contributed by atoms with Crippen LogP contribution in [0.1, 0.15) is 104 Å². The summed E-state index contributed by atoms with van der Waals surface area (Å²) >= 11 is 0. The fourth-order valence-electron chi connectivity index (χ4n) is 3.72. The second kappa shape index (κ2) is 16.0. The molecule has 0 saturated carbocycles. The summed E-state index contributed by atoms with van der Waals surface area (Å²) in [7, 11) is 0. The van der Waals surface area contributed by atoms with E-state index in [1.165, 1.54) is 56.2 Å². The van der Waals surface area contributed by atoms with Gasteiger partial charge in [-0.05, 0) is 55.2 Å². The summed E-state index contributed by atoms with van der Waals surface area (Å²) in [6, 6.07) is 11.4. The van der Waals surface area contributed by atoms with Crippen molar-refractivity contribution in [1.29, 1.82) is 0 Å². The summed E-state index contributed by atoms with van der Waals surface area (Å²) in [6.45, 7) is 4.38. The highest BCUT2D eigenvalue weighted by Gasteiger charge is 2.14. The van der Waals surface area contributed by atoms with Crippen molar-refractivity contribution in [2.75, 3.05) is 13.2 Å². The van der Waals surface area contributed by atoms with Gasteiger partial charge in [0.1, 0.15) is 0 Å². The van der Waals surface area contributed by atoms with Crippen molar-refractivity contribution < 1.29 is 23.5 Å². The first-order valence-electron chi connectivity index (χ1n) is 12.8. The number of unbranched alkanes of at least 4 members (excludes halogenated alkanes) is 8. The lowest BCUT2D eigenvalue weighted by molar-refractivity contribution is 0.0474. The summed E-state index contributed by atoms with van der Waals surface area (Å²) in [5.41, 5.74) is 1.73. The Morgan fingerprint density at radius 3 is 2.06 bits per heavy atom. The normalized spacial score (nSPS) is 10.8. The fraction of sp³-hybridized carbons (Fsp3) is 0.517. The van der Waals surface area contributed by atoms with E-state index in [9.17, 15) is 14.0 Å². The zero-order chi connectivity index (χ0) is 24.6. The Bertz CT molecular complexity index is 876. The molecule has 2 rings (SSSR count). The van der Waals surface area contributed by atoms with Gasteiger partial charge in [-0.15, -0.1) is 0 Å². The Morgan fingerprint density at radius 2 is 1.38 bits per heavy atom. The second-order valence-corrected chi connectivity index (χ2v) is 8.77. The molecule has 0 spiro atoms. The standard InChI is InChI=1S/C29H39FO4/c1-3-5-7-9-10-12-20-33-28-19-18-25(21-26(28)30)27(31)22-34-29(32)24-16-14-23(15-17-24)13-11-8-6-4-2/h14-19,21H,3-13,20,22H2,1-2H3. The summed E-state index contributed by atoms with van der Waals surface area (Å²) < 4.78 is 25.0. The number of aryl methyl sites for hydroxylation is 1. The minimum absolute atomic E-state index is 0.136. The lowest BCUT2D eigenvalue weighted by Gasteiger charge is -2.09. The number of benzene rings is 2. The maximum absolute atomic E-state index is 14.3. The summed E-state index contributed by atoms with van der Waals surface area (Å²) in [5, 5.41) is 0. The van der Waals surface area contributed by atoms with Crippen molar-refractivity contribution in [3.63, 3.8) is 0 Å². The van der Waals surface area contributed by atoms with Gasteiger partial charge < -0.3 is 9.47 Å². The van der Waals surface area contributed by atoms with Gasteiger partial charge in [0.15, 0.2) is 24.0 Å². The Kier molecular flexibility index (Phi) is 13.0. The zero-order valence-electron chi connectivity index (χ0n) is 20.7. The number of Topliss-reactive ketones (excluding diaryl/α,β-unsaturated/α-hetero) is 1. The Balaban J connectivity index is 1.75. The van der Waals surface area contributed by atoms with Crippen molar-refractivity contribution in [1.82, 2.24) is 0 Å². The quantitative estimate of drug-likeness (QED) is 0.135. The molecule has 0 unspecified atom stereocenters. The molecule has 0 heterocycles. The number of halogens is 1. The molecule has 2 aromatic rings. The number of carbonyl (C=O) groups is 2. The maximum atomic E-state index is 14.3. The SMILES string of the molecule is CCCCCCCCOc1ccc(C(=O)COC(=O)c2ccc(CCCCCC)cc2)cc1F. The summed E-state index contributed by atoms with van der Waals surface area (Å²) in [4.78, 5) is 24.6. The van der Waals surface area contributed by atoms with Crippen LogP contribution in [0.5, 0.6) is 5.75 Å². The number of hydrogen-bond donors (Lipinski definition) is 0. The van der Waals surface area contributed by atoms with Gasteiger partial charge in [0, 0.05) is 5.56 Å². The molecule has 0 amide bonds. The molecule has 0 saturated heterocycles. The predicted octanol–water partition coefficient (Wildman–Crippen LogP) is 7.73. The number of carbonyl (C=O) groups excluding carboxylic acids is 2. The monoisotopic (exact) mass is 470 g/mol. The second-order valence-electron chi connectivity index (χ2n) is 8.77. The van der Waals surface area contributed by atoms with Gasteiger partial charge in [0.05, 0.1) is 12.2 Å². The van der Waals surface area contributed by atoms with E-state index in [-0.39, 0.29) is 11.3 Å². The van der Waals surface area contributed by atoms with E-state index in [1.807, 2.05) is 12.1 Å². The first-order valence-corrected chi connectivity index (χ1v) is 12.8. The first-order chi connectivity index (χ1) is 16.5. The minimum Gasteiger partial charge on any atom is -0.491 e. The van der Waals surface area contributed by atoms with Crippen molar-refractivity contribution in [2.45, 2.75) is 84.5 Å². The van der Waals surface area contributed by atoms with Gasteiger partial charge in [0.25, 0.3) is 0 Å². The van der Waals surface area contributed by atoms with Crippen molar-refractivity contribution >= 4 is 11.8 Å². The number of hydrogen-bond acceptors (Lipinski definition) is 4. The molecule has 0 aliphatic rings. The number of ether oxygens (including phenoxy) is 2. The van der Waals surface area contributed by atoms with Crippen molar-refractivity contribution in [3.05, 3.63) is 65.0 Å². The summed E-state index contributed by atoms with van der Waals surface area (Å²) in [6.07, 6.45) is 12.5. The molecule has 2 aromatic carbocycles. The molecule has 0 aliphatic heterocycles. The van der Waals surface area contributed by atoms with Gasteiger partial charge in [-0.2, -0.15) is 0 Å². The molecule has 0 aliphatic carbocycles. The lowest BCUT2D eigenvalue weighted by Crippen LogP contribution is -2.14. The molecular weight excluding hydrogens is 431 g/mol. The largest absolute Gasteiger partial charge is 0.491 e. The fourth-order valence-corrected chi connectivity index (χ4v) is 3.72. The third kappa shape index (κ3) is 10.1. The van der Waals surface area contributed by atoms with E-state index in [4.69, 9.17) is 9.47 Å². The maximum Gasteiger partial charge on any atom is 0.338 e. The molecular formula is C29H39FO4. The Morgan fingerprint density at radius 1 is 0.765 bits per heavy atom. The highest BCUT2D eigenvalue weighted by atomic mass is 19.1. The van der Waals surface area contributed by atoms with Crippen LogP contribution in [0.4, 0.5) is 4.39 Å². The molecule has 0 N–H and O–H groups in total. The molecule has 0 atom stereocenters. The minimum atomic E-state index is -0.585. The Hall–Kier alpha value is -2.69. The zero-order valence-corrected chi connectivity index (χ0v) is 20.7. The van der Waals surface area contributed by atoms with Crippen LogP contribution < -0.4 is 4.74 Å². The summed E-state index contributed by atoms with van der Waals surface area (Å²) in [5.74, 6) is -1.47. The topological polar surface area (TPSA) is 52.6 Å². The highest BCUT2D eigenvalue weighted by Crippen LogP contribution is 2.20. The van der Waals surface area contributed by atoms with Crippen LogP contribution in [0, 0.1) is 5.82 Å². The van der Waals surface area contributed by atoms with Crippen molar-refractivity contribution in [2.24, 2.45) is 0 Å². The molecule has 34 heavy (non-hydrogen) atoms. The Labute approximate surface area is 203 Å². The van der Waals surface area contributed by atoms with Gasteiger partial charge >= 0.3 is 5.97 Å². The van der Waals surface area contributed by atoms with E-state index in [0.29, 0.717) is 12.2 Å². The predicted molar refractivity (Wildman–Crippen MR) is 134 cm³/mol. The van der Waals surface area contributed by atoms with E-state index in [0.717, 1.165) is 38.2 Å². The molecule has 0 bridgehead atoms. The van der Waals surface area contributed by atoms with Crippen molar-refractivity contribution in [3.8, 4) is 5.75 Å².